The molecule has 2 heterocycles. The molecule has 0 radical (unpaired) electrons. The summed E-state index contributed by atoms with van der Waals surface area (Å²) in [5.41, 5.74) is 1.39. The van der Waals surface area contributed by atoms with Crippen LogP contribution in [-0.2, 0) is 6.54 Å². The average molecular weight is 485 g/mol. The van der Waals surface area contributed by atoms with Crippen molar-refractivity contribution >= 4 is 29.9 Å². The van der Waals surface area contributed by atoms with Gasteiger partial charge in [-0.15, -0.1) is 24.0 Å². The van der Waals surface area contributed by atoms with Gasteiger partial charge in [0.25, 0.3) is 0 Å². The Labute approximate surface area is 182 Å². The van der Waals surface area contributed by atoms with Crippen LogP contribution in [0.1, 0.15) is 32.3 Å². The molecular weight excluding hydrogens is 449 g/mol. The molecule has 2 fully saturated rings. The lowest BCUT2D eigenvalue weighted by atomic mass is 10.1. The zero-order valence-electron chi connectivity index (χ0n) is 17.0. The Balaban J connectivity index is 0.00000261. The lowest BCUT2D eigenvalue weighted by Crippen LogP contribution is -2.44. The monoisotopic (exact) mass is 485 g/mol. The molecule has 0 spiro atoms. The molecular formula is C21H36IN5. The molecule has 2 aliphatic heterocycles. The van der Waals surface area contributed by atoms with Crippen LogP contribution in [0.5, 0.6) is 0 Å². The number of guanidine groups is 1. The van der Waals surface area contributed by atoms with Crippen molar-refractivity contribution in [3.8, 4) is 0 Å². The second kappa shape index (κ2) is 11.2. The van der Waals surface area contributed by atoms with Crippen LogP contribution in [0.2, 0.25) is 0 Å². The highest BCUT2D eigenvalue weighted by atomic mass is 127. The summed E-state index contributed by atoms with van der Waals surface area (Å²) in [6.07, 6.45) is 2.44. The molecule has 6 heteroatoms. The van der Waals surface area contributed by atoms with Crippen molar-refractivity contribution in [3.05, 3.63) is 35.9 Å². The molecule has 0 amide bonds. The standard InChI is InChI=1S/C21H35N5.HI/c1-4-22-21(23-13-19-10-11-25(3)14-19)24-20-12-17(2)26(16-20)15-18-8-6-5-7-9-18;/h5-9,17,19-20H,4,10-16H2,1-3H3,(H2,22,23,24);1H. The Morgan fingerprint density at radius 1 is 1.22 bits per heavy atom. The highest BCUT2D eigenvalue weighted by Gasteiger charge is 2.29. The number of benzene rings is 1. The summed E-state index contributed by atoms with van der Waals surface area (Å²) >= 11 is 0. The van der Waals surface area contributed by atoms with Crippen molar-refractivity contribution in [2.45, 2.75) is 45.3 Å². The van der Waals surface area contributed by atoms with Gasteiger partial charge in [-0.3, -0.25) is 9.89 Å². The van der Waals surface area contributed by atoms with Gasteiger partial charge in [0.2, 0.25) is 0 Å². The van der Waals surface area contributed by atoms with Gasteiger partial charge in [0.15, 0.2) is 5.96 Å². The molecule has 0 aromatic heterocycles. The van der Waals surface area contributed by atoms with Gasteiger partial charge in [-0.05, 0) is 51.8 Å². The molecule has 3 rings (SSSR count). The zero-order valence-corrected chi connectivity index (χ0v) is 19.4. The lowest BCUT2D eigenvalue weighted by Gasteiger charge is -2.21. The fraction of sp³-hybridized carbons (Fsp3) is 0.667. The highest BCUT2D eigenvalue weighted by Crippen LogP contribution is 2.20. The van der Waals surface area contributed by atoms with E-state index in [2.05, 4.69) is 71.7 Å². The summed E-state index contributed by atoms with van der Waals surface area (Å²) in [4.78, 5) is 9.85. The second-order valence-corrected chi connectivity index (χ2v) is 7.98. The van der Waals surface area contributed by atoms with E-state index in [1.807, 2.05) is 0 Å². The van der Waals surface area contributed by atoms with Crippen LogP contribution in [-0.4, -0.2) is 67.6 Å². The summed E-state index contributed by atoms with van der Waals surface area (Å²) < 4.78 is 0. The van der Waals surface area contributed by atoms with E-state index in [0.717, 1.165) is 32.1 Å². The molecule has 152 valence electrons. The van der Waals surface area contributed by atoms with Crippen molar-refractivity contribution in [2.24, 2.45) is 10.9 Å². The van der Waals surface area contributed by atoms with Gasteiger partial charge < -0.3 is 15.5 Å². The number of rotatable bonds is 6. The van der Waals surface area contributed by atoms with Crippen molar-refractivity contribution in [1.29, 1.82) is 0 Å². The van der Waals surface area contributed by atoms with Gasteiger partial charge in [-0.1, -0.05) is 30.3 Å². The Bertz CT molecular complexity index is 579. The molecule has 27 heavy (non-hydrogen) atoms. The van der Waals surface area contributed by atoms with Crippen molar-refractivity contribution in [3.63, 3.8) is 0 Å². The average Bonchev–Trinajstić information content (AvgIpc) is 3.19. The van der Waals surface area contributed by atoms with Gasteiger partial charge >= 0.3 is 0 Å². The van der Waals surface area contributed by atoms with E-state index in [1.54, 1.807) is 0 Å². The lowest BCUT2D eigenvalue weighted by molar-refractivity contribution is 0.258. The van der Waals surface area contributed by atoms with Crippen molar-refractivity contribution < 1.29 is 0 Å². The van der Waals surface area contributed by atoms with Crippen LogP contribution in [0, 0.1) is 5.92 Å². The van der Waals surface area contributed by atoms with E-state index in [1.165, 1.54) is 31.5 Å². The Morgan fingerprint density at radius 3 is 2.67 bits per heavy atom. The first-order valence-corrected chi connectivity index (χ1v) is 10.2. The van der Waals surface area contributed by atoms with Crippen molar-refractivity contribution in [2.75, 3.05) is 39.8 Å². The van der Waals surface area contributed by atoms with E-state index in [0.29, 0.717) is 18.0 Å². The van der Waals surface area contributed by atoms with Gasteiger partial charge in [-0.25, -0.2) is 0 Å². The van der Waals surface area contributed by atoms with Crippen LogP contribution >= 0.6 is 24.0 Å². The van der Waals surface area contributed by atoms with Crippen LogP contribution in [0.3, 0.4) is 0 Å². The van der Waals surface area contributed by atoms with Crippen LogP contribution < -0.4 is 10.6 Å². The molecule has 5 nitrogen and oxygen atoms in total. The first kappa shape index (κ1) is 22.4. The predicted molar refractivity (Wildman–Crippen MR) is 125 cm³/mol. The summed E-state index contributed by atoms with van der Waals surface area (Å²) in [7, 11) is 2.20. The number of nitrogens with one attached hydrogen (secondary N) is 2. The molecule has 0 saturated carbocycles. The first-order valence-electron chi connectivity index (χ1n) is 10.2. The Kier molecular flexibility index (Phi) is 9.32. The number of aliphatic imine (C=N–C) groups is 1. The smallest absolute Gasteiger partial charge is 0.191 e. The third-order valence-electron chi connectivity index (χ3n) is 5.61. The minimum Gasteiger partial charge on any atom is -0.357 e. The third kappa shape index (κ3) is 6.91. The molecule has 3 unspecified atom stereocenters. The summed E-state index contributed by atoms with van der Waals surface area (Å²) in [5, 5.41) is 7.11. The van der Waals surface area contributed by atoms with Gasteiger partial charge in [0.1, 0.15) is 0 Å². The Hall–Kier alpha value is -0.860. The number of hydrogen-bond acceptors (Lipinski definition) is 3. The normalized spacial score (nSPS) is 26.8. The Morgan fingerprint density at radius 2 is 2.00 bits per heavy atom. The quantitative estimate of drug-likeness (QED) is 0.370. The van der Waals surface area contributed by atoms with E-state index >= 15 is 0 Å². The molecule has 2 aliphatic rings. The van der Waals surface area contributed by atoms with Crippen LogP contribution in [0.25, 0.3) is 0 Å². The molecule has 3 atom stereocenters. The minimum absolute atomic E-state index is 0. The van der Waals surface area contributed by atoms with E-state index in [4.69, 9.17) is 4.99 Å². The van der Waals surface area contributed by atoms with E-state index in [-0.39, 0.29) is 24.0 Å². The number of likely N-dealkylation sites (tertiary alicyclic amines) is 2. The van der Waals surface area contributed by atoms with Crippen LogP contribution in [0.4, 0.5) is 0 Å². The predicted octanol–water partition coefficient (Wildman–Crippen LogP) is 2.77. The molecule has 1 aromatic carbocycles. The van der Waals surface area contributed by atoms with Gasteiger partial charge in [0, 0.05) is 44.8 Å². The maximum absolute atomic E-state index is 4.88. The maximum Gasteiger partial charge on any atom is 0.191 e. The summed E-state index contributed by atoms with van der Waals surface area (Å²) in [5.74, 6) is 1.69. The number of hydrogen-bond donors (Lipinski definition) is 2. The fourth-order valence-electron chi connectivity index (χ4n) is 4.15. The summed E-state index contributed by atoms with van der Waals surface area (Å²) in [6, 6.07) is 11.8. The molecule has 2 saturated heterocycles. The zero-order chi connectivity index (χ0) is 18.4. The molecule has 0 aliphatic carbocycles. The molecule has 1 aromatic rings. The second-order valence-electron chi connectivity index (χ2n) is 7.98. The van der Waals surface area contributed by atoms with E-state index < -0.39 is 0 Å². The highest BCUT2D eigenvalue weighted by molar-refractivity contribution is 14.0. The first-order chi connectivity index (χ1) is 12.6. The third-order valence-corrected chi connectivity index (χ3v) is 5.61. The van der Waals surface area contributed by atoms with Gasteiger partial charge in [0.05, 0.1) is 0 Å². The largest absolute Gasteiger partial charge is 0.357 e. The van der Waals surface area contributed by atoms with Gasteiger partial charge in [-0.2, -0.15) is 0 Å². The molecule has 0 bridgehead atoms. The number of nitrogens with zero attached hydrogens (tertiary/aromatic N) is 3. The maximum atomic E-state index is 4.88. The SMILES string of the molecule is CCNC(=NCC1CCN(C)C1)NC1CC(C)N(Cc2ccccc2)C1.I. The minimum atomic E-state index is 0. The fourth-order valence-corrected chi connectivity index (χ4v) is 4.15. The summed E-state index contributed by atoms with van der Waals surface area (Å²) in [6.45, 7) is 10.8. The molecule has 2 N–H and O–H groups in total. The number of halogens is 1. The van der Waals surface area contributed by atoms with Crippen molar-refractivity contribution in [1.82, 2.24) is 20.4 Å². The topological polar surface area (TPSA) is 42.9 Å². The van der Waals surface area contributed by atoms with E-state index in [9.17, 15) is 0 Å². The van der Waals surface area contributed by atoms with Crippen LogP contribution in [0.15, 0.2) is 35.3 Å².